The maximum atomic E-state index is 12.7. The van der Waals surface area contributed by atoms with Crippen LogP contribution in [-0.4, -0.2) is 48.5 Å². The van der Waals surface area contributed by atoms with Gasteiger partial charge in [-0.05, 0) is 73.5 Å². The van der Waals surface area contributed by atoms with E-state index in [0.29, 0.717) is 25.5 Å². The Bertz CT molecular complexity index is 1100. The number of nitrogens with one attached hydrogen (secondary N) is 2. The predicted octanol–water partition coefficient (Wildman–Crippen LogP) is 5.13. The van der Waals surface area contributed by atoms with Gasteiger partial charge in [-0.2, -0.15) is 0 Å². The first-order valence-corrected chi connectivity index (χ1v) is 14.8. The van der Waals surface area contributed by atoms with Gasteiger partial charge in [0.25, 0.3) is 0 Å². The highest BCUT2D eigenvalue weighted by Gasteiger charge is 2.45. The van der Waals surface area contributed by atoms with Crippen LogP contribution in [0.3, 0.4) is 0 Å². The molecular weight excluding hydrogens is 488 g/mol. The van der Waals surface area contributed by atoms with Crippen molar-refractivity contribution in [2.75, 3.05) is 19.8 Å². The summed E-state index contributed by atoms with van der Waals surface area (Å²) < 4.78 is 12.2. The summed E-state index contributed by atoms with van der Waals surface area (Å²) in [7, 11) is 0. The molecule has 0 radical (unpaired) electrons. The molecule has 1 aliphatic heterocycles. The van der Waals surface area contributed by atoms with Crippen LogP contribution in [0.25, 0.3) is 0 Å². The fourth-order valence-electron chi connectivity index (χ4n) is 5.91. The van der Waals surface area contributed by atoms with Crippen LogP contribution in [0.15, 0.2) is 48.5 Å². The lowest BCUT2D eigenvalue weighted by Gasteiger charge is -2.48. The SMILES string of the molecule is CC(C)(C)Cc1ccc2c(c1)[C@@H](NC[C@@H](O)[C@H](Cc1ccccc1)NC(=O)COCC1CC1)CC1(CCC1)O2. The molecular formula is C33H46N2O4. The van der Waals surface area contributed by atoms with Crippen LogP contribution in [0.1, 0.15) is 82.0 Å². The summed E-state index contributed by atoms with van der Waals surface area (Å²) in [6.45, 7) is 7.84. The van der Waals surface area contributed by atoms with Crippen molar-refractivity contribution in [3.63, 3.8) is 0 Å². The molecule has 6 nitrogen and oxygen atoms in total. The molecule has 2 aromatic rings. The molecule has 2 saturated carbocycles. The molecule has 0 unspecified atom stereocenters. The summed E-state index contributed by atoms with van der Waals surface area (Å²) in [5.74, 6) is 1.40. The summed E-state index contributed by atoms with van der Waals surface area (Å²) in [6.07, 6.45) is 7.43. The lowest BCUT2D eigenvalue weighted by molar-refractivity contribution is -0.127. The van der Waals surface area contributed by atoms with E-state index in [1.54, 1.807) is 0 Å². The van der Waals surface area contributed by atoms with E-state index >= 15 is 0 Å². The van der Waals surface area contributed by atoms with Gasteiger partial charge in [0.05, 0.1) is 18.8 Å². The van der Waals surface area contributed by atoms with E-state index in [1.807, 2.05) is 30.3 Å². The minimum Gasteiger partial charge on any atom is -0.487 e. The van der Waals surface area contributed by atoms with Gasteiger partial charge in [-0.25, -0.2) is 0 Å². The predicted molar refractivity (Wildman–Crippen MR) is 154 cm³/mol. The lowest BCUT2D eigenvalue weighted by atomic mass is 9.72. The van der Waals surface area contributed by atoms with Crippen molar-refractivity contribution in [3.05, 3.63) is 65.2 Å². The van der Waals surface area contributed by atoms with Crippen molar-refractivity contribution >= 4 is 5.91 Å². The van der Waals surface area contributed by atoms with Gasteiger partial charge in [0.1, 0.15) is 18.0 Å². The first-order chi connectivity index (χ1) is 18.7. The third kappa shape index (κ3) is 7.84. The van der Waals surface area contributed by atoms with Crippen LogP contribution in [0.4, 0.5) is 0 Å². The van der Waals surface area contributed by atoms with Gasteiger partial charge in [0.2, 0.25) is 5.91 Å². The number of amides is 1. The van der Waals surface area contributed by atoms with Crippen molar-refractivity contribution in [1.29, 1.82) is 0 Å². The monoisotopic (exact) mass is 534 g/mol. The van der Waals surface area contributed by atoms with Gasteiger partial charge >= 0.3 is 0 Å². The zero-order chi connectivity index (χ0) is 27.5. The van der Waals surface area contributed by atoms with Gasteiger partial charge in [0, 0.05) is 24.6 Å². The maximum absolute atomic E-state index is 12.7. The highest BCUT2D eigenvalue weighted by molar-refractivity contribution is 5.77. The Kier molecular flexibility index (Phi) is 8.65. The zero-order valence-electron chi connectivity index (χ0n) is 23.9. The Hall–Kier alpha value is -2.41. The smallest absolute Gasteiger partial charge is 0.246 e. The molecule has 3 aliphatic rings. The van der Waals surface area contributed by atoms with Gasteiger partial charge in [-0.15, -0.1) is 0 Å². The number of aliphatic hydroxyl groups is 1. The number of hydrogen-bond acceptors (Lipinski definition) is 5. The Morgan fingerprint density at radius 2 is 1.90 bits per heavy atom. The zero-order valence-corrected chi connectivity index (χ0v) is 23.9. The molecule has 2 aromatic carbocycles. The van der Waals surface area contributed by atoms with Gasteiger partial charge in [0.15, 0.2) is 0 Å². The van der Waals surface area contributed by atoms with Gasteiger partial charge in [-0.1, -0.05) is 63.2 Å². The molecule has 2 aliphatic carbocycles. The van der Waals surface area contributed by atoms with E-state index < -0.39 is 12.1 Å². The minimum absolute atomic E-state index is 0.0361. The number of fused-ring (bicyclic) bond motifs is 1. The van der Waals surface area contributed by atoms with Gasteiger partial charge in [-0.3, -0.25) is 4.79 Å². The molecule has 0 bridgehead atoms. The van der Waals surface area contributed by atoms with Crippen LogP contribution in [0.2, 0.25) is 0 Å². The molecule has 39 heavy (non-hydrogen) atoms. The van der Waals surface area contributed by atoms with E-state index in [9.17, 15) is 9.90 Å². The second kappa shape index (κ2) is 12.0. The van der Waals surface area contributed by atoms with E-state index in [1.165, 1.54) is 30.4 Å². The van der Waals surface area contributed by atoms with Crippen LogP contribution >= 0.6 is 0 Å². The van der Waals surface area contributed by atoms with Crippen LogP contribution in [0, 0.1) is 11.3 Å². The van der Waals surface area contributed by atoms with Crippen LogP contribution in [0.5, 0.6) is 5.75 Å². The Balaban J connectivity index is 1.27. The number of benzene rings is 2. The maximum Gasteiger partial charge on any atom is 0.246 e. The van der Waals surface area contributed by atoms with Crippen molar-refractivity contribution < 1.29 is 19.4 Å². The minimum atomic E-state index is -0.751. The van der Waals surface area contributed by atoms with Gasteiger partial charge < -0.3 is 25.2 Å². The van der Waals surface area contributed by atoms with E-state index in [2.05, 4.69) is 49.6 Å². The largest absolute Gasteiger partial charge is 0.487 e. The molecule has 3 N–H and O–H groups in total. The first-order valence-electron chi connectivity index (χ1n) is 14.8. The molecule has 0 saturated heterocycles. The number of hydrogen-bond donors (Lipinski definition) is 3. The van der Waals surface area contributed by atoms with Crippen LogP contribution < -0.4 is 15.4 Å². The molecule has 1 amide bonds. The fraction of sp³-hybridized carbons (Fsp3) is 0.606. The van der Waals surface area contributed by atoms with E-state index in [4.69, 9.17) is 9.47 Å². The number of carbonyl (C=O) groups excluding carboxylic acids is 1. The highest BCUT2D eigenvalue weighted by Crippen LogP contribution is 2.49. The van der Waals surface area contributed by atoms with Crippen molar-refractivity contribution in [3.8, 4) is 5.75 Å². The summed E-state index contributed by atoms with van der Waals surface area (Å²) in [5.41, 5.74) is 3.67. The van der Waals surface area contributed by atoms with Crippen molar-refractivity contribution in [2.24, 2.45) is 11.3 Å². The molecule has 212 valence electrons. The van der Waals surface area contributed by atoms with Crippen molar-refractivity contribution in [1.82, 2.24) is 10.6 Å². The number of rotatable bonds is 12. The number of aliphatic hydroxyl groups excluding tert-OH is 1. The third-order valence-electron chi connectivity index (χ3n) is 8.32. The molecule has 3 atom stereocenters. The topological polar surface area (TPSA) is 79.8 Å². The second-order valence-corrected chi connectivity index (χ2v) is 13.3. The van der Waals surface area contributed by atoms with E-state index in [0.717, 1.165) is 37.0 Å². The van der Waals surface area contributed by atoms with Crippen molar-refractivity contribution in [2.45, 2.75) is 95.9 Å². The fourth-order valence-corrected chi connectivity index (χ4v) is 5.91. The molecule has 0 aromatic heterocycles. The third-order valence-corrected chi connectivity index (χ3v) is 8.32. The highest BCUT2D eigenvalue weighted by atomic mass is 16.5. The average molecular weight is 535 g/mol. The lowest BCUT2D eigenvalue weighted by Crippen LogP contribution is -2.52. The molecule has 1 heterocycles. The van der Waals surface area contributed by atoms with E-state index in [-0.39, 0.29) is 29.6 Å². The number of carbonyl (C=O) groups is 1. The second-order valence-electron chi connectivity index (χ2n) is 13.3. The molecule has 5 rings (SSSR count). The average Bonchev–Trinajstić information content (AvgIpc) is 3.70. The quantitative estimate of drug-likeness (QED) is 0.352. The number of ether oxygens (including phenoxy) is 2. The molecule has 6 heteroatoms. The summed E-state index contributed by atoms with van der Waals surface area (Å²) >= 11 is 0. The Morgan fingerprint density at radius 3 is 2.56 bits per heavy atom. The summed E-state index contributed by atoms with van der Waals surface area (Å²) in [5, 5.41) is 18.1. The summed E-state index contributed by atoms with van der Waals surface area (Å²) in [6, 6.07) is 16.3. The normalized spacial score (nSPS) is 21.4. The Labute approximate surface area is 233 Å². The molecule has 2 fully saturated rings. The first kappa shape index (κ1) is 28.1. The molecule has 1 spiro atoms. The summed E-state index contributed by atoms with van der Waals surface area (Å²) in [4.78, 5) is 12.7. The Morgan fingerprint density at radius 1 is 1.13 bits per heavy atom. The standard InChI is InChI=1S/C33H46N2O4/c1-32(2,3)18-25-12-13-30-26(16-25)28(19-33(39-30)14-7-15-33)34-20-29(36)27(17-23-8-5-4-6-9-23)35-31(37)22-38-21-24-10-11-24/h4-6,8-9,12-13,16,24,27-29,34,36H,7,10-11,14-15,17-22H2,1-3H3,(H,35,37)/t27-,28-,29+/m0/s1. The van der Waals surface area contributed by atoms with Crippen LogP contribution in [-0.2, 0) is 22.4 Å².